The van der Waals surface area contributed by atoms with Crippen molar-refractivity contribution in [3.8, 4) is 0 Å². The molecular formula is C11H20O. The maximum atomic E-state index is 5.29. The second kappa shape index (κ2) is 3.97. The van der Waals surface area contributed by atoms with E-state index in [4.69, 9.17) is 4.74 Å². The van der Waals surface area contributed by atoms with Gasteiger partial charge >= 0.3 is 0 Å². The molecule has 0 aliphatic carbocycles. The van der Waals surface area contributed by atoms with Crippen molar-refractivity contribution >= 4 is 0 Å². The zero-order valence-electron chi connectivity index (χ0n) is 8.47. The first-order chi connectivity index (χ1) is 5.64. The van der Waals surface area contributed by atoms with Crippen molar-refractivity contribution in [2.75, 3.05) is 6.61 Å². The molecule has 0 saturated heterocycles. The topological polar surface area (TPSA) is 9.23 Å². The lowest BCUT2D eigenvalue weighted by Gasteiger charge is -2.29. The normalized spacial score (nSPS) is 23.8. The van der Waals surface area contributed by atoms with Crippen LogP contribution >= 0.6 is 0 Å². The third-order valence-electron chi connectivity index (χ3n) is 2.79. The van der Waals surface area contributed by atoms with Crippen LogP contribution in [0.3, 0.4) is 0 Å². The Hall–Kier alpha value is -0.460. The van der Waals surface area contributed by atoms with Gasteiger partial charge in [-0.15, -0.1) is 0 Å². The van der Waals surface area contributed by atoms with E-state index in [9.17, 15) is 0 Å². The lowest BCUT2D eigenvalue weighted by atomic mass is 9.79. The van der Waals surface area contributed by atoms with Gasteiger partial charge in [0.25, 0.3) is 0 Å². The lowest BCUT2D eigenvalue weighted by molar-refractivity contribution is 0.135. The molecule has 1 aliphatic rings. The second-order valence-corrected chi connectivity index (χ2v) is 4.53. The molecule has 0 bridgehead atoms. The largest absolute Gasteiger partial charge is 0.501 e. The molecule has 0 N–H and O–H groups in total. The highest BCUT2D eigenvalue weighted by Crippen LogP contribution is 2.31. The van der Waals surface area contributed by atoms with Crippen molar-refractivity contribution in [3.05, 3.63) is 12.3 Å². The van der Waals surface area contributed by atoms with Crippen LogP contribution in [0, 0.1) is 11.3 Å². The van der Waals surface area contributed by atoms with E-state index in [0.29, 0.717) is 5.41 Å². The summed E-state index contributed by atoms with van der Waals surface area (Å²) in [5.41, 5.74) is 0.485. The van der Waals surface area contributed by atoms with Gasteiger partial charge in [-0.2, -0.15) is 0 Å². The van der Waals surface area contributed by atoms with E-state index in [-0.39, 0.29) is 0 Å². The minimum Gasteiger partial charge on any atom is -0.501 e. The molecule has 12 heavy (non-hydrogen) atoms. The molecule has 1 heterocycles. The molecule has 0 saturated carbocycles. The molecule has 0 spiro atoms. The van der Waals surface area contributed by atoms with E-state index in [1.165, 1.54) is 19.3 Å². The summed E-state index contributed by atoms with van der Waals surface area (Å²) in [5, 5.41) is 0. The summed E-state index contributed by atoms with van der Waals surface area (Å²) in [6.45, 7) is 7.86. The fourth-order valence-electron chi connectivity index (χ4n) is 1.64. The SMILES string of the molecule is CCC(C)(C)CC1CC=COC1. The Kier molecular flexibility index (Phi) is 3.19. The maximum absolute atomic E-state index is 5.29. The Balaban J connectivity index is 2.35. The molecule has 1 nitrogen and oxygen atoms in total. The van der Waals surface area contributed by atoms with Crippen molar-refractivity contribution in [3.63, 3.8) is 0 Å². The van der Waals surface area contributed by atoms with E-state index in [1.807, 2.05) is 6.26 Å². The molecule has 1 unspecified atom stereocenters. The van der Waals surface area contributed by atoms with Gasteiger partial charge in [0, 0.05) is 0 Å². The summed E-state index contributed by atoms with van der Waals surface area (Å²) in [5.74, 6) is 0.741. The Morgan fingerprint density at radius 2 is 2.25 bits per heavy atom. The second-order valence-electron chi connectivity index (χ2n) is 4.53. The van der Waals surface area contributed by atoms with Crippen LogP contribution in [0.2, 0.25) is 0 Å². The third kappa shape index (κ3) is 2.88. The van der Waals surface area contributed by atoms with Gasteiger partial charge in [0.05, 0.1) is 12.9 Å². The van der Waals surface area contributed by atoms with Gasteiger partial charge in [-0.05, 0) is 30.3 Å². The average molecular weight is 168 g/mol. The Labute approximate surface area is 75.8 Å². The highest BCUT2D eigenvalue weighted by Gasteiger charge is 2.22. The first kappa shape index (κ1) is 9.63. The fourth-order valence-corrected chi connectivity index (χ4v) is 1.64. The molecule has 70 valence electrons. The number of ether oxygens (including phenoxy) is 1. The molecule has 1 rings (SSSR count). The van der Waals surface area contributed by atoms with Crippen LogP contribution < -0.4 is 0 Å². The summed E-state index contributed by atoms with van der Waals surface area (Å²) < 4.78 is 5.29. The standard InChI is InChI=1S/C11H20O/c1-4-11(2,3)8-10-6-5-7-12-9-10/h5,7,10H,4,6,8-9H2,1-3H3. The van der Waals surface area contributed by atoms with Crippen LogP contribution in [0.5, 0.6) is 0 Å². The van der Waals surface area contributed by atoms with E-state index in [2.05, 4.69) is 26.8 Å². The van der Waals surface area contributed by atoms with Crippen molar-refractivity contribution in [1.82, 2.24) is 0 Å². The number of hydrogen-bond donors (Lipinski definition) is 0. The van der Waals surface area contributed by atoms with Gasteiger partial charge < -0.3 is 4.74 Å². The van der Waals surface area contributed by atoms with Gasteiger partial charge in [-0.1, -0.05) is 27.2 Å². The molecule has 1 heteroatoms. The first-order valence-corrected chi connectivity index (χ1v) is 4.90. The Morgan fingerprint density at radius 1 is 1.50 bits per heavy atom. The van der Waals surface area contributed by atoms with Gasteiger partial charge in [0.2, 0.25) is 0 Å². The average Bonchev–Trinajstić information content (AvgIpc) is 2.06. The van der Waals surface area contributed by atoms with Crippen LogP contribution in [-0.4, -0.2) is 6.61 Å². The predicted molar refractivity (Wildman–Crippen MR) is 51.9 cm³/mol. The molecule has 0 aromatic rings. The summed E-state index contributed by atoms with van der Waals surface area (Å²) in [6, 6.07) is 0. The summed E-state index contributed by atoms with van der Waals surface area (Å²) in [4.78, 5) is 0. The Morgan fingerprint density at radius 3 is 2.75 bits per heavy atom. The third-order valence-corrected chi connectivity index (χ3v) is 2.79. The highest BCUT2D eigenvalue weighted by atomic mass is 16.5. The van der Waals surface area contributed by atoms with Crippen molar-refractivity contribution in [2.24, 2.45) is 11.3 Å². The van der Waals surface area contributed by atoms with Crippen LogP contribution in [-0.2, 0) is 4.74 Å². The maximum Gasteiger partial charge on any atom is 0.0904 e. The molecule has 1 aliphatic heterocycles. The van der Waals surface area contributed by atoms with Crippen LogP contribution in [0.4, 0.5) is 0 Å². The predicted octanol–water partition coefficient (Wildman–Crippen LogP) is 3.36. The zero-order chi connectivity index (χ0) is 9.03. The number of hydrogen-bond acceptors (Lipinski definition) is 1. The number of allylic oxidation sites excluding steroid dienone is 1. The molecule has 0 amide bonds. The van der Waals surface area contributed by atoms with Gasteiger partial charge in [-0.3, -0.25) is 0 Å². The van der Waals surface area contributed by atoms with Gasteiger partial charge in [0.1, 0.15) is 0 Å². The van der Waals surface area contributed by atoms with E-state index in [0.717, 1.165) is 12.5 Å². The lowest BCUT2D eigenvalue weighted by Crippen LogP contribution is -2.20. The quantitative estimate of drug-likeness (QED) is 0.628. The van der Waals surface area contributed by atoms with Crippen molar-refractivity contribution in [2.45, 2.75) is 40.0 Å². The molecule has 0 fully saturated rings. The van der Waals surface area contributed by atoms with Crippen LogP contribution in [0.1, 0.15) is 40.0 Å². The molecular weight excluding hydrogens is 148 g/mol. The molecule has 1 atom stereocenters. The Bertz CT molecular complexity index is 158. The molecule has 0 aromatic carbocycles. The van der Waals surface area contributed by atoms with E-state index >= 15 is 0 Å². The zero-order valence-corrected chi connectivity index (χ0v) is 8.47. The summed E-state index contributed by atoms with van der Waals surface area (Å²) >= 11 is 0. The van der Waals surface area contributed by atoms with E-state index < -0.39 is 0 Å². The smallest absolute Gasteiger partial charge is 0.0904 e. The first-order valence-electron chi connectivity index (χ1n) is 4.90. The minimum atomic E-state index is 0.485. The fraction of sp³-hybridized carbons (Fsp3) is 0.818. The van der Waals surface area contributed by atoms with Crippen molar-refractivity contribution in [1.29, 1.82) is 0 Å². The minimum absolute atomic E-state index is 0.485. The number of rotatable bonds is 3. The highest BCUT2D eigenvalue weighted by molar-refractivity contribution is 4.85. The summed E-state index contributed by atoms with van der Waals surface area (Å²) in [7, 11) is 0. The van der Waals surface area contributed by atoms with Gasteiger partial charge in [-0.25, -0.2) is 0 Å². The summed E-state index contributed by atoms with van der Waals surface area (Å²) in [6.07, 6.45) is 7.71. The van der Waals surface area contributed by atoms with Crippen LogP contribution in [0.25, 0.3) is 0 Å². The van der Waals surface area contributed by atoms with Gasteiger partial charge in [0.15, 0.2) is 0 Å². The molecule has 0 radical (unpaired) electrons. The van der Waals surface area contributed by atoms with E-state index in [1.54, 1.807) is 0 Å². The monoisotopic (exact) mass is 168 g/mol. The van der Waals surface area contributed by atoms with Crippen LogP contribution in [0.15, 0.2) is 12.3 Å². The van der Waals surface area contributed by atoms with Crippen molar-refractivity contribution < 1.29 is 4.74 Å². The molecule has 0 aromatic heterocycles.